The largest absolute Gasteiger partial charge is 0.433 e. The van der Waals surface area contributed by atoms with Crippen LogP contribution in [-0.4, -0.2) is 11.5 Å². The molecule has 0 spiro atoms. The molecule has 0 aliphatic rings. The van der Waals surface area contributed by atoms with Crippen molar-refractivity contribution in [3.05, 3.63) is 28.5 Å². The third-order valence-electron chi connectivity index (χ3n) is 1.66. The standard InChI is InChI=1S/C8H8ClF3N2/c9-6-2-4-14-7(8(10,11)12)5(6)1-3-13/h2,4H,1,3,13H2. The molecular formula is C8H8ClF3N2. The number of halogens is 4. The fraction of sp³-hybridized carbons (Fsp3) is 0.375. The van der Waals surface area contributed by atoms with Crippen LogP contribution in [-0.2, 0) is 12.6 Å². The van der Waals surface area contributed by atoms with E-state index < -0.39 is 11.9 Å². The van der Waals surface area contributed by atoms with Gasteiger partial charge in [0.2, 0.25) is 0 Å². The molecule has 1 rings (SSSR count). The normalized spacial score (nSPS) is 11.8. The number of rotatable bonds is 2. The van der Waals surface area contributed by atoms with E-state index in [1.807, 2.05) is 0 Å². The molecule has 14 heavy (non-hydrogen) atoms. The molecule has 0 amide bonds. The summed E-state index contributed by atoms with van der Waals surface area (Å²) in [7, 11) is 0. The smallest absolute Gasteiger partial charge is 0.330 e. The molecule has 0 radical (unpaired) electrons. The number of nitrogens with zero attached hydrogens (tertiary/aromatic N) is 1. The first kappa shape index (κ1) is 11.3. The lowest BCUT2D eigenvalue weighted by atomic mass is 10.1. The lowest BCUT2D eigenvalue weighted by molar-refractivity contribution is -0.141. The zero-order valence-corrected chi connectivity index (χ0v) is 7.86. The Balaban J connectivity index is 3.21. The summed E-state index contributed by atoms with van der Waals surface area (Å²) >= 11 is 5.62. The zero-order chi connectivity index (χ0) is 10.8. The average Bonchev–Trinajstić information content (AvgIpc) is 2.07. The van der Waals surface area contributed by atoms with Crippen LogP contribution in [0.25, 0.3) is 0 Å². The topological polar surface area (TPSA) is 38.9 Å². The summed E-state index contributed by atoms with van der Waals surface area (Å²) in [5.74, 6) is 0. The van der Waals surface area contributed by atoms with Crippen LogP contribution in [0.4, 0.5) is 13.2 Å². The van der Waals surface area contributed by atoms with E-state index in [1.54, 1.807) is 0 Å². The van der Waals surface area contributed by atoms with Crippen LogP contribution in [0.1, 0.15) is 11.3 Å². The highest BCUT2D eigenvalue weighted by atomic mass is 35.5. The van der Waals surface area contributed by atoms with Gasteiger partial charge in [0.15, 0.2) is 0 Å². The minimum atomic E-state index is -4.48. The molecule has 0 saturated heterocycles. The van der Waals surface area contributed by atoms with Crippen molar-refractivity contribution in [3.63, 3.8) is 0 Å². The highest BCUT2D eigenvalue weighted by molar-refractivity contribution is 6.31. The summed E-state index contributed by atoms with van der Waals surface area (Å²) in [6.45, 7) is 0.106. The van der Waals surface area contributed by atoms with E-state index in [-0.39, 0.29) is 23.6 Å². The van der Waals surface area contributed by atoms with Crippen LogP contribution in [0.5, 0.6) is 0 Å². The predicted octanol–water partition coefficient (Wildman–Crippen LogP) is 2.25. The van der Waals surface area contributed by atoms with Gasteiger partial charge in [-0.2, -0.15) is 13.2 Å². The molecule has 0 aromatic carbocycles. The number of alkyl halides is 3. The Kier molecular flexibility index (Phi) is 3.34. The molecule has 1 aromatic rings. The maximum absolute atomic E-state index is 12.4. The molecular weight excluding hydrogens is 217 g/mol. The summed E-state index contributed by atoms with van der Waals surface area (Å²) in [6, 6.07) is 1.32. The van der Waals surface area contributed by atoms with Crippen molar-refractivity contribution >= 4 is 11.6 Å². The molecule has 0 bridgehead atoms. The first-order valence-corrected chi connectivity index (χ1v) is 4.25. The van der Waals surface area contributed by atoms with E-state index in [4.69, 9.17) is 17.3 Å². The van der Waals surface area contributed by atoms with Crippen LogP contribution in [0.15, 0.2) is 12.3 Å². The molecule has 0 unspecified atom stereocenters. The van der Waals surface area contributed by atoms with Crippen LogP contribution in [0.3, 0.4) is 0 Å². The molecule has 1 heterocycles. The summed E-state index contributed by atoms with van der Waals surface area (Å²) in [5.41, 5.74) is 4.20. The highest BCUT2D eigenvalue weighted by Gasteiger charge is 2.35. The second-order valence-corrected chi connectivity index (χ2v) is 3.06. The fourth-order valence-corrected chi connectivity index (χ4v) is 1.34. The van der Waals surface area contributed by atoms with Gasteiger partial charge in [-0.05, 0) is 19.0 Å². The van der Waals surface area contributed by atoms with Crippen LogP contribution in [0, 0.1) is 0 Å². The number of aromatic nitrogens is 1. The Morgan fingerprint density at radius 2 is 2.07 bits per heavy atom. The van der Waals surface area contributed by atoms with E-state index >= 15 is 0 Å². The van der Waals surface area contributed by atoms with Crippen molar-refractivity contribution < 1.29 is 13.2 Å². The minimum absolute atomic E-state index is 0.0378. The molecule has 0 aliphatic carbocycles. The predicted molar refractivity (Wildman–Crippen MR) is 47.0 cm³/mol. The molecule has 0 aliphatic heterocycles. The van der Waals surface area contributed by atoms with Crippen molar-refractivity contribution in [1.29, 1.82) is 0 Å². The van der Waals surface area contributed by atoms with Gasteiger partial charge in [-0.15, -0.1) is 0 Å². The number of pyridine rings is 1. The third kappa shape index (κ3) is 2.36. The van der Waals surface area contributed by atoms with E-state index in [1.165, 1.54) is 6.07 Å². The van der Waals surface area contributed by atoms with E-state index in [2.05, 4.69) is 4.98 Å². The molecule has 0 atom stereocenters. The van der Waals surface area contributed by atoms with Crippen molar-refractivity contribution in [1.82, 2.24) is 4.98 Å². The Morgan fingerprint density at radius 3 is 2.57 bits per heavy atom. The van der Waals surface area contributed by atoms with Gasteiger partial charge in [-0.25, -0.2) is 0 Å². The maximum Gasteiger partial charge on any atom is 0.433 e. The first-order chi connectivity index (χ1) is 6.46. The van der Waals surface area contributed by atoms with Crippen LogP contribution < -0.4 is 5.73 Å². The Bertz CT molecular complexity index is 325. The summed E-state index contributed by atoms with van der Waals surface area (Å²) < 4.78 is 37.2. The number of hydrogen-bond donors (Lipinski definition) is 1. The van der Waals surface area contributed by atoms with Crippen LogP contribution in [0.2, 0.25) is 5.02 Å². The van der Waals surface area contributed by atoms with Gasteiger partial charge in [0, 0.05) is 16.8 Å². The number of nitrogens with two attached hydrogens (primary N) is 1. The van der Waals surface area contributed by atoms with Gasteiger partial charge < -0.3 is 5.73 Å². The molecule has 2 N–H and O–H groups in total. The lowest BCUT2D eigenvalue weighted by Crippen LogP contribution is -2.15. The van der Waals surface area contributed by atoms with Crippen molar-refractivity contribution in [2.45, 2.75) is 12.6 Å². The minimum Gasteiger partial charge on any atom is -0.330 e. The zero-order valence-electron chi connectivity index (χ0n) is 7.11. The maximum atomic E-state index is 12.4. The first-order valence-electron chi connectivity index (χ1n) is 3.87. The number of hydrogen-bond acceptors (Lipinski definition) is 2. The SMILES string of the molecule is NCCc1c(Cl)ccnc1C(F)(F)F. The van der Waals surface area contributed by atoms with Gasteiger partial charge in [0.05, 0.1) is 0 Å². The van der Waals surface area contributed by atoms with Crippen molar-refractivity contribution in [2.24, 2.45) is 5.73 Å². The van der Waals surface area contributed by atoms with Gasteiger partial charge >= 0.3 is 6.18 Å². The second kappa shape index (κ2) is 4.14. The monoisotopic (exact) mass is 224 g/mol. The van der Waals surface area contributed by atoms with Gasteiger partial charge in [-0.3, -0.25) is 4.98 Å². The average molecular weight is 225 g/mol. The highest BCUT2D eigenvalue weighted by Crippen LogP contribution is 2.33. The molecule has 0 fully saturated rings. The fourth-order valence-electron chi connectivity index (χ4n) is 1.10. The van der Waals surface area contributed by atoms with Crippen molar-refractivity contribution in [3.8, 4) is 0 Å². The molecule has 1 aromatic heterocycles. The van der Waals surface area contributed by atoms with Gasteiger partial charge in [0.25, 0.3) is 0 Å². The van der Waals surface area contributed by atoms with Gasteiger partial charge in [0.1, 0.15) is 5.69 Å². The Morgan fingerprint density at radius 1 is 1.43 bits per heavy atom. The van der Waals surface area contributed by atoms with Crippen molar-refractivity contribution in [2.75, 3.05) is 6.54 Å². The van der Waals surface area contributed by atoms with E-state index in [0.717, 1.165) is 6.20 Å². The van der Waals surface area contributed by atoms with E-state index in [9.17, 15) is 13.2 Å². The molecule has 6 heteroatoms. The van der Waals surface area contributed by atoms with Gasteiger partial charge in [-0.1, -0.05) is 11.6 Å². The summed E-state index contributed by atoms with van der Waals surface area (Å²) in [5, 5.41) is 0.0535. The third-order valence-corrected chi connectivity index (χ3v) is 2.02. The Labute approximate surface area is 83.9 Å². The summed E-state index contributed by atoms with van der Waals surface area (Å²) in [4.78, 5) is 3.26. The lowest BCUT2D eigenvalue weighted by Gasteiger charge is -2.11. The second-order valence-electron chi connectivity index (χ2n) is 2.66. The molecule has 0 saturated carbocycles. The quantitative estimate of drug-likeness (QED) is 0.837. The molecule has 78 valence electrons. The van der Waals surface area contributed by atoms with E-state index in [0.29, 0.717) is 0 Å². The molecule has 2 nitrogen and oxygen atoms in total. The summed E-state index contributed by atoms with van der Waals surface area (Å²) in [6.07, 6.45) is -3.37. The van der Waals surface area contributed by atoms with Crippen LogP contribution >= 0.6 is 11.6 Å². The Hall–Kier alpha value is -0.810.